The monoisotopic (exact) mass is 348 g/mol. The summed E-state index contributed by atoms with van der Waals surface area (Å²) in [4.78, 5) is 2.06. The summed E-state index contributed by atoms with van der Waals surface area (Å²) in [5.41, 5.74) is 6.84. The van der Waals surface area contributed by atoms with Gasteiger partial charge in [-0.2, -0.15) is 0 Å². The summed E-state index contributed by atoms with van der Waals surface area (Å²) in [7, 11) is 0. The SMILES string of the molecule is NCC1C(O)C(O)CN1C(I)c1ccccc1. The van der Waals surface area contributed by atoms with Crippen molar-refractivity contribution in [3.63, 3.8) is 0 Å². The first kappa shape index (κ1) is 13.2. The zero-order chi connectivity index (χ0) is 12.4. The molecule has 0 radical (unpaired) electrons. The van der Waals surface area contributed by atoms with Crippen LogP contribution in [0.3, 0.4) is 0 Å². The Morgan fingerprint density at radius 2 is 2.00 bits per heavy atom. The minimum Gasteiger partial charge on any atom is -0.389 e. The van der Waals surface area contributed by atoms with Crippen LogP contribution in [0.5, 0.6) is 0 Å². The number of likely N-dealkylation sites (tertiary alicyclic amines) is 1. The van der Waals surface area contributed by atoms with Gasteiger partial charge in [0.05, 0.1) is 22.3 Å². The zero-order valence-electron chi connectivity index (χ0n) is 9.41. The van der Waals surface area contributed by atoms with Gasteiger partial charge < -0.3 is 15.9 Å². The molecule has 0 saturated carbocycles. The van der Waals surface area contributed by atoms with Crippen molar-refractivity contribution in [1.82, 2.24) is 4.90 Å². The molecule has 1 fully saturated rings. The number of aliphatic hydroxyl groups is 2. The number of nitrogens with zero attached hydrogens (tertiary/aromatic N) is 1. The predicted octanol–water partition coefficient (Wildman–Crippen LogP) is 0.485. The summed E-state index contributed by atoms with van der Waals surface area (Å²) in [6, 6.07) is 9.86. The van der Waals surface area contributed by atoms with E-state index in [9.17, 15) is 10.2 Å². The number of benzene rings is 1. The number of alkyl halides is 1. The molecule has 17 heavy (non-hydrogen) atoms. The number of halogens is 1. The normalized spacial score (nSPS) is 31.6. The number of rotatable bonds is 3. The Morgan fingerprint density at radius 1 is 1.35 bits per heavy atom. The lowest BCUT2D eigenvalue weighted by Crippen LogP contribution is -2.42. The standard InChI is InChI=1S/C12H17IN2O2/c13-12(8-4-2-1-3-5-8)15-7-10(16)11(17)9(15)6-14/h1-5,9-12,16-17H,6-7,14H2. The van der Waals surface area contributed by atoms with Crippen molar-refractivity contribution in [3.05, 3.63) is 35.9 Å². The second kappa shape index (κ2) is 5.62. The molecule has 0 amide bonds. The third-order valence-electron chi connectivity index (χ3n) is 3.22. The fraction of sp³-hybridized carbons (Fsp3) is 0.500. The van der Waals surface area contributed by atoms with Crippen LogP contribution in [0.4, 0.5) is 0 Å². The van der Waals surface area contributed by atoms with Gasteiger partial charge in [-0.15, -0.1) is 0 Å². The minimum absolute atomic E-state index is 0.120. The lowest BCUT2D eigenvalue weighted by molar-refractivity contribution is 0.0393. The van der Waals surface area contributed by atoms with Gasteiger partial charge in [0, 0.05) is 13.1 Å². The van der Waals surface area contributed by atoms with Crippen LogP contribution in [0.15, 0.2) is 30.3 Å². The second-order valence-electron chi connectivity index (χ2n) is 4.30. The molecule has 1 aliphatic rings. The van der Waals surface area contributed by atoms with E-state index in [4.69, 9.17) is 5.73 Å². The highest BCUT2D eigenvalue weighted by Crippen LogP contribution is 2.34. The Bertz CT molecular complexity index is 363. The summed E-state index contributed by atoms with van der Waals surface area (Å²) >= 11 is 2.32. The smallest absolute Gasteiger partial charge is 0.0979 e. The van der Waals surface area contributed by atoms with Crippen LogP contribution in [0.2, 0.25) is 0 Å². The highest BCUT2D eigenvalue weighted by molar-refractivity contribution is 14.1. The largest absolute Gasteiger partial charge is 0.389 e. The molecule has 0 aliphatic carbocycles. The van der Waals surface area contributed by atoms with Gasteiger partial charge >= 0.3 is 0 Å². The number of hydrogen-bond acceptors (Lipinski definition) is 4. The third-order valence-corrected chi connectivity index (χ3v) is 4.65. The average molecular weight is 348 g/mol. The Hall–Kier alpha value is -0.210. The van der Waals surface area contributed by atoms with Crippen molar-refractivity contribution in [2.45, 2.75) is 22.3 Å². The lowest BCUT2D eigenvalue weighted by Gasteiger charge is -2.29. The fourth-order valence-electron chi connectivity index (χ4n) is 2.25. The molecule has 4 unspecified atom stereocenters. The molecular formula is C12H17IN2O2. The lowest BCUT2D eigenvalue weighted by atomic mass is 10.1. The van der Waals surface area contributed by atoms with Crippen LogP contribution in [0.1, 0.15) is 9.61 Å². The predicted molar refractivity (Wildman–Crippen MR) is 74.8 cm³/mol. The van der Waals surface area contributed by atoms with Gasteiger partial charge in [0.15, 0.2) is 0 Å². The van der Waals surface area contributed by atoms with Crippen LogP contribution in [-0.4, -0.2) is 46.5 Å². The molecule has 4 nitrogen and oxygen atoms in total. The number of β-amino-alcohol motifs (C(OH)–C–C–N with tert-alkyl or cyclic N) is 1. The fourth-order valence-corrected chi connectivity index (χ4v) is 3.31. The highest BCUT2D eigenvalue weighted by Gasteiger charge is 2.41. The van der Waals surface area contributed by atoms with Crippen LogP contribution < -0.4 is 5.73 Å². The molecule has 1 aromatic carbocycles. The van der Waals surface area contributed by atoms with E-state index in [1.165, 1.54) is 0 Å². The quantitative estimate of drug-likeness (QED) is 0.422. The van der Waals surface area contributed by atoms with E-state index in [0.717, 1.165) is 5.56 Å². The molecule has 0 spiro atoms. The number of hydrogen-bond donors (Lipinski definition) is 3. The molecular weight excluding hydrogens is 331 g/mol. The molecule has 94 valence electrons. The average Bonchev–Trinajstić information content (AvgIpc) is 2.65. The molecule has 4 atom stereocenters. The van der Waals surface area contributed by atoms with E-state index in [1.54, 1.807) is 0 Å². The number of aliphatic hydroxyl groups excluding tert-OH is 2. The third kappa shape index (κ3) is 2.63. The molecule has 5 heteroatoms. The van der Waals surface area contributed by atoms with Crippen molar-refractivity contribution < 1.29 is 10.2 Å². The van der Waals surface area contributed by atoms with Crippen LogP contribution in [-0.2, 0) is 0 Å². The second-order valence-corrected chi connectivity index (χ2v) is 5.48. The topological polar surface area (TPSA) is 69.7 Å². The van der Waals surface area contributed by atoms with Crippen molar-refractivity contribution in [2.24, 2.45) is 5.73 Å². The van der Waals surface area contributed by atoms with E-state index in [0.29, 0.717) is 13.1 Å². The van der Waals surface area contributed by atoms with Gasteiger partial charge in [-0.25, -0.2) is 0 Å². The van der Waals surface area contributed by atoms with Crippen LogP contribution in [0.25, 0.3) is 0 Å². The van der Waals surface area contributed by atoms with Gasteiger partial charge in [0.25, 0.3) is 0 Å². The van der Waals surface area contributed by atoms with E-state index < -0.39 is 12.2 Å². The summed E-state index contributed by atoms with van der Waals surface area (Å²) in [5, 5.41) is 19.6. The van der Waals surface area contributed by atoms with Gasteiger partial charge in [-0.1, -0.05) is 52.9 Å². The van der Waals surface area contributed by atoms with Crippen molar-refractivity contribution in [3.8, 4) is 0 Å². The maximum Gasteiger partial charge on any atom is 0.0979 e. The first-order valence-corrected chi connectivity index (χ1v) is 6.90. The molecule has 1 aliphatic heterocycles. The molecule has 1 heterocycles. The first-order chi connectivity index (χ1) is 8.15. The number of nitrogens with two attached hydrogens (primary N) is 1. The Labute approximate surface area is 115 Å². The Kier molecular flexibility index (Phi) is 4.37. The van der Waals surface area contributed by atoms with Gasteiger partial charge in [0.2, 0.25) is 0 Å². The van der Waals surface area contributed by atoms with E-state index in [-0.39, 0.29) is 10.1 Å². The molecule has 0 bridgehead atoms. The Morgan fingerprint density at radius 3 is 2.59 bits per heavy atom. The zero-order valence-corrected chi connectivity index (χ0v) is 11.6. The van der Waals surface area contributed by atoms with Crippen LogP contribution >= 0.6 is 22.6 Å². The summed E-state index contributed by atoms with van der Waals surface area (Å²) in [5.74, 6) is 0. The molecule has 4 N–H and O–H groups in total. The first-order valence-electron chi connectivity index (χ1n) is 5.66. The van der Waals surface area contributed by atoms with Crippen molar-refractivity contribution in [1.29, 1.82) is 0 Å². The summed E-state index contributed by atoms with van der Waals surface area (Å²) < 4.78 is 0.120. The molecule has 2 rings (SSSR count). The van der Waals surface area contributed by atoms with Gasteiger partial charge in [0.1, 0.15) is 0 Å². The van der Waals surface area contributed by atoms with Gasteiger partial charge in [-0.05, 0) is 5.56 Å². The van der Waals surface area contributed by atoms with Crippen molar-refractivity contribution in [2.75, 3.05) is 13.1 Å². The molecule has 1 saturated heterocycles. The van der Waals surface area contributed by atoms with Gasteiger partial charge in [-0.3, -0.25) is 4.90 Å². The Balaban J connectivity index is 2.17. The molecule has 0 aromatic heterocycles. The van der Waals surface area contributed by atoms with E-state index in [2.05, 4.69) is 27.5 Å². The summed E-state index contributed by atoms with van der Waals surface area (Å²) in [6.45, 7) is 0.816. The van der Waals surface area contributed by atoms with Crippen molar-refractivity contribution >= 4 is 22.6 Å². The molecule has 1 aromatic rings. The van der Waals surface area contributed by atoms with E-state index >= 15 is 0 Å². The highest BCUT2D eigenvalue weighted by atomic mass is 127. The maximum absolute atomic E-state index is 9.85. The van der Waals surface area contributed by atoms with E-state index in [1.807, 2.05) is 30.3 Å². The maximum atomic E-state index is 9.85. The summed E-state index contributed by atoms with van der Waals surface area (Å²) in [6.07, 6.45) is -1.45. The van der Waals surface area contributed by atoms with Crippen LogP contribution in [0, 0.1) is 0 Å². The minimum atomic E-state index is -0.749.